The van der Waals surface area contributed by atoms with E-state index in [1.54, 1.807) is 12.1 Å². The van der Waals surface area contributed by atoms with Crippen molar-refractivity contribution < 1.29 is 23.7 Å². The first-order valence-corrected chi connectivity index (χ1v) is 12.8. The van der Waals surface area contributed by atoms with Gasteiger partial charge in [0.05, 0.1) is 19.3 Å². The average Bonchev–Trinajstić information content (AvgIpc) is 2.85. The van der Waals surface area contributed by atoms with Gasteiger partial charge in [-0.3, -0.25) is 4.79 Å². The first kappa shape index (κ1) is 27.4. The molecule has 1 atom stereocenters. The number of benzene rings is 3. The van der Waals surface area contributed by atoms with Crippen molar-refractivity contribution in [3.63, 3.8) is 0 Å². The molecular weight excluding hydrogens is 476 g/mol. The lowest BCUT2D eigenvalue weighted by Gasteiger charge is -2.19. The highest BCUT2D eigenvalue weighted by Crippen LogP contribution is 2.35. The van der Waals surface area contributed by atoms with E-state index < -0.39 is 0 Å². The highest BCUT2D eigenvalue weighted by Gasteiger charge is 2.14. The van der Waals surface area contributed by atoms with Crippen molar-refractivity contribution in [2.24, 2.45) is 0 Å². The van der Waals surface area contributed by atoms with Crippen LogP contribution in [0, 0.1) is 0 Å². The molecule has 0 heterocycles. The lowest BCUT2D eigenvalue weighted by atomic mass is 9.94. The van der Waals surface area contributed by atoms with E-state index in [1.165, 1.54) is 5.56 Å². The number of hydrogen-bond donors (Lipinski definition) is 0. The summed E-state index contributed by atoms with van der Waals surface area (Å²) >= 11 is 6.19. The quantitative estimate of drug-likeness (QED) is 0.218. The Morgan fingerprint density at radius 2 is 1.69 bits per heavy atom. The molecule has 0 aliphatic heterocycles. The first-order valence-electron chi connectivity index (χ1n) is 12.5. The normalized spacial score (nSPS) is 11.7. The van der Waals surface area contributed by atoms with Gasteiger partial charge in [0.15, 0.2) is 11.5 Å². The van der Waals surface area contributed by atoms with Crippen LogP contribution in [0.1, 0.15) is 57.6 Å². The van der Waals surface area contributed by atoms with Gasteiger partial charge in [-0.05, 0) is 73.7 Å². The average molecular weight is 511 g/mol. The fraction of sp³-hybridized carbons (Fsp3) is 0.367. The van der Waals surface area contributed by atoms with Crippen LogP contribution in [0.15, 0.2) is 66.7 Å². The van der Waals surface area contributed by atoms with E-state index in [2.05, 4.69) is 19.9 Å². The molecule has 0 aliphatic carbocycles. The van der Waals surface area contributed by atoms with E-state index in [-0.39, 0.29) is 12.1 Å². The van der Waals surface area contributed by atoms with Gasteiger partial charge in [0.2, 0.25) is 0 Å². The highest BCUT2D eigenvalue weighted by molar-refractivity contribution is 6.30. The number of carbonyl (C=O) groups is 1. The molecule has 3 rings (SSSR count). The third kappa shape index (κ3) is 8.49. The van der Waals surface area contributed by atoms with E-state index in [4.69, 9.17) is 30.5 Å². The second kappa shape index (κ2) is 13.8. The lowest BCUT2D eigenvalue weighted by Crippen LogP contribution is -2.16. The molecule has 3 aromatic carbocycles. The molecule has 192 valence electrons. The van der Waals surface area contributed by atoms with Gasteiger partial charge in [0.25, 0.3) is 0 Å². The van der Waals surface area contributed by atoms with Crippen molar-refractivity contribution in [1.82, 2.24) is 0 Å². The van der Waals surface area contributed by atoms with Gasteiger partial charge in [-0.15, -0.1) is 0 Å². The molecule has 0 saturated heterocycles. The zero-order valence-electron chi connectivity index (χ0n) is 21.5. The van der Waals surface area contributed by atoms with Crippen molar-refractivity contribution in [3.8, 4) is 23.0 Å². The molecule has 3 aromatic rings. The number of ether oxygens (including phenoxy) is 4. The summed E-state index contributed by atoms with van der Waals surface area (Å²) < 4.78 is 23.3. The molecule has 0 radical (unpaired) electrons. The monoisotopic (exact) mass is 510 g/mol. The first-order chi connectivity index (χ1) is 17.4. The Bertz CT molecular complexity index is 1110. The van der Waals surface area contributed by atoms with Crippen molar-refractivity contribution in [2.75, 3.05) is 13.2 Å². The number of aryl methyl sites for hydroxylation is 1. The summed E-state index contributed by atoms with van der Waals surface area (Å²) in [4.78, 5) is 11.8. The molecule has 36 heavy (non-hydrogen) atoms. The van der Waals surface area contributed by atoms with Crippen molar-refractivity contribution >= 4 is 17.6 Å². The van der Waals surface area contributed by atoms with E-state index in [1.807, 2.05) is 62.4 Å². The van der Waals surface area contributed by atoms with Gasteiger partial charge in [0.1, 0.15) is 11.5 Å². The van der Waals surface area contributed by atoms with Crippen LogP contribution >= 0.6 is 11.6 Å². The summed E-state index contributed by atoms with van der Waals surface area (Å²) in [6.07, 6.45) is 1.63. The Morgan fingerprint density at radius 1 is 0.917 bits per heavy atom. The number of esters is 1. The van der Waals surface area contributed by atoms with Gasteiger partial charge in [-0.2, -0.15) is 0 Å². The molecule has 0 spiro atoms. The van der Waals surface area contributed by atoms with Crippen LogP contribution in [-0.4, -0.2) is 25.3 Å². The largest absolute Gasteiger partial charge is 0.493 e. The number of halogens is 1. The van der Waals surface area contributed by atoms with Crippen LogP contribution in [0.4, 0.5) is 0 Å². The number of carbonyl (C=O) groups excluding carboxylic acids is 1. The molecule has 0 fully saturated rings. The molecule has 0 saturated carbocycles. The molecule has 5 nitrogen and oxygen atoms in total. The minimum Gasteiger partial charge on any atom is -0.493 e. The summed E-state index contributed by atoms with van der Waals surface area (Å²) in [5, 5.41) is 0.580. The summed E-state index contributed by atoms with van der Waals surface area (Å²) in [6.45, 7) is 9.02. The summed E-state index contributed by atoms with van der Waals surface area (Å²) in [5.41, 5.74) is 2.33. The molecule has 0 aromatic heterocycles. The maximum absolute atomic E-state index is 11.8. The van der Waals surface area contributed by atoms with Crippen LogP contribution in [-0.2, 0) is 16.0 Å². The Kier molecular flexibility index (Phi) is 10.5. The predicted molar refractivity (Wildman–Crippen MR) is 144 cm³/mol. The van der Waals surface area contributed by atoms with E-state index in [0.717, 1.165) is 11.3 Å². The minimum absolute atomic E-state index is 0.0993. The highest BCUT2D eigenvalue weighted by atomic mass is 35.5. The molecular formula is C30H35ClO5. The lowest BCUT2D eigenvalue weighted by molar-refractivity contribution is -0.143. The van der Waals surface area contributed by atoms with Crippen LogP contribution in [0.2, 0.25) is 5.02 Å². The maximum atomic E-state index is 11.8. The molecule has 0 N–H and O–H groups in total. The molecule has 6 heteroatoms. The van der Waals surface area contributed by atoms with Gasteiger partial charge < -0.3 is 18.9 Å². The van der Waals surface area contributed by atoms with Crippen molar-refractivity contribution in [2.45, 2.75) is 59.0 Å². The topological polar surface area (TPSA) is 54.0 Å². The Hall–Kier alpha value is -3.18. The standard InChI is InChI=1S/C30H35ClO5/c1-5-33-30(32)16-12-23-11-14-26(20-27(23)21(2)3)34-18-17-22(4)35-28-15-13-24(31)19-29(28)36-25-9-7-6-8-10-25/h6-11,13-15,19-22H,5,12,16-18H2,1-4H3. The van der Waals surface area contributed by atoms with Gasteiger partial charge in [-0.25, -0.2) is 0 Å². The SMILES string of the molecule is CCOC(=O)CCc1ccc(OCCC(C)Oc2ccc(Cl)cc2Oc2ccccc2)cc1C(C)C. The van der Waals surface area contributed by atoms with Crippen LogP contribution < -0.4 is 14.2 Å². The van der Waals surface area contributed by atoms with Crippen molar-refractivity contribution in [1.29, 1.82) is 0 Å². The second-order valence-corrected chi connectivity index (χ2v) is 9.33. The molecule has 0 aliphatic rings. The second-order valence-electron chi connectivity index (χ2n) is 8.89. The van der Waals surface area contributed by atoms with Crippen LogP contribution in [0.25, 0.3) is 0 Å². The van der Waals surface area contributed by atoms with Gasteiger partial charge in [0, 0.05) is 23.9 Å². The zero-order chi connectivity index (χ0) is 25.9. The van der Waals surface area contributed by atoms with E-state index in [9.17, 15) is 4.79 Å². The third-order valence-electron chi connectivity index (χ3n) is 5.64. The fourth-order valence-corrected chi connectivity index (χ4v) is 3.95. The number of hydrogen-bond acceptors (Lipinski definition) is 5. The number of para-hydroxylation sites is 1. The van der Waals surface area contributed by atoms with E-state index in [0.29, 0.717) is 60.7 Å². The fourth-order valence-electron chi connectivity index (χ4n) is 3.79. The number of rotatable bonds is 13. The Labute approximate surface area is 219 Å². The summed E-state index contributed by atoms with van der Waals surface area (Å²) in [7, 11) is 0. The third-order valence-corrected chi connectivity index (χ3v) is 5.88. The Balaban J connectivity index is 1.56. The van der Waals surface area contributed by atoms with Gasteiger partial charge in [-0.1, -0.05) is 49.7 Å². The minimum atomic E-state index is -0.167. The zero-order valence-corrected chi connectivity index (χ0v) is 22.2. The van der Waals surface area contributed by atoms with Gasteiger partial charge >= 0.3 is 5.97 Å². The van der Waals surface area contributed by atoms with Crippen molar-refractivity contribution in [3.05, 3.63) is 82.9 Å². The summed E-state index contributed by atoms with van der Waals surface area (Å²) in [6, 6.07) is 21.0. The molecule has 0 amide bonds. The predicted octanol–water partition coefficient (Wildman–Crippen LogP) is 7.99. The van der Waals surface area contributed by atoms with E-state index >= 15 is 0 Å². The van der Waals surface area contributed by atoms with Crippen LogP contribution in [0.3, 0.4) is 0 Å². The maximum Gasteiger partial charge on any atom is 0.306 e. The molecule has 1 unspecified atom stereocenters. The van der Waals surface area contributed by atoms with Crippen LogP contribution in [0.5, 0.6) is 23.0 Å². The molecule has 0 bridgehead atoms. The smallest absolute Gasteiger partial charge is 0.306 e. The summed E-state index contributed by atoms with van der Waals surface area (Å²) in [5.74, 6) is 2.88. The Morgan fingerprint density at radius 3 is 2.42 bits per heavy atom.